The highest BCUT2D eigenvalue weighted by molar-refractivity contribution is 4.87. The summed E-state index contributed by atoms with van der Waals surface area (Å²) in [7, 11) is 1.61. The zero-order valence-electron chi connectivity index (χ0n) is 11.9. The van der Waals surface area contributed by atoms with Gasteiger partial charge in [-0.2, -0.15) is 0 Å². The summed E-state index contributed by atoms with van der Waals surface area (Å²) in [4.78, 5) is 0. The number of aliphatic hydroxyl groups is 2. The van der Waals surface area contributed by atoms with Crippen LogP contribution < -0.4 is 0 Å². The average molecular weight is 246 g/mol. The zero-order chi connectivity index (χ0) is 13.3. The maximum absolute atomic E-state index is 9.81. The molecule has 0 aliphatic rings. The smallest absolute Gasteiger partial charge is 0.104 e. The number of rotatable bonds is 10. The van der Waals surface area contributed by atoms with Crippen molar-refractivity contribution in [3.8, 4) is 0 Å². The van der Waals surface area contributed by atoms with E-state index in [4.69, 9.17) is 9.84 Å². The molecule has 3 heteroatoms. The molecule has 0 fully saturated rings. The number of ether oxygens (including phenoxy) is 1. The molecule has 0 aliphatic carbocycles. The number of unbranched alkanes of at least 4 members (excludes halogenated alkanes) is 3. The fourth-order valence-corrected chi connectivity index (χ4v) is 2.48. The van der Waals surface area contributed by atoms with Gasteiger partial charge >= 0.3 is 0 Å². The standard InChI is InChI=1S/C14H30O3/c1-5-7-8-9-10-14(3,6-2)13(17-4)12(16)11-15/h12-13,15-16H,5-11H2,1-4H3. The highest BCUT2D eigenvalue weighted by atomic mass is 16.5. The Kier molecular flexibility index (Phi) is 8.83. The van der Waals surface area contributed by atoms with Gasteiger partial charge in [-0.15, -0.1) is 0 Å². The Morgan fingerprint density at radius 3 is 2.24 bits per heavy atom. The molecule has 0 aromatic carbocycles. The predicted octanol–water partition coefficient (Wildman–Crippen LogP) is 2.74. The van der Waals surface area contributed by atoms with E-state index in [9.17, 15) is 5.11 Å². The van der Waals surface area contributed by atoms with Crippen LogP contribution >= 0.6 is 0 Å². The van der Waals surface area contributed by atoms with E-state index in [1.54, 1.807) is 7.11 Å². The Hall–Kier alpha value is -0.120. The van der Waals surface area contributed by atoms with Crippen molar-refractivity contribution in [3.05, 3.63) is 0 Å². The van der Waals surface area contributed by atoms with Gasteiger partial charge in [0.1, 0.15) is 6.10 Å². The minimum Gasteiger partial charge on any atom is -0.394 e. The van der Waals surface area contributed by atoms with Crippen molar-refractivity contribution in [2.45, 2.75) is 71.5 Å². The Morgan fingerprint density at radius 2 is 1.82 bits per heavy atom. The molecule has 0 saturated heterocycles. The summed E-state index contributed by atoms with van der Waals surface area (Å²) in [6.07, 6.45) is 5.83. The van der Waals surface area contributed by atoms with E-state index in [0.29, 0.717) is 0 Å². The first-order chi connectivity index (χ1) is 8.05. The van der Waals surface area contributed by atoms with Crippen molar-refractivity contribution in [2.75, 3.05) is 13.7 Å². The summed E-state index contributed by atoms with van der Waals surface area (Å²) in [6, 6.07) is 0. The molecule has 0 aromatic heterocycles. The summed E-state index contributed by atoms with van der Waals surface area (Å²) < 4.78 is 5.41. The number of hydrogen-bond acceptors (Lipinski definition) is 3. The van der Waals surface area contributed by atoms with E-state index >= 15 is 0 Å². The van der Waals surface area contributed by atoms with Gasteiger partial charge in [0, 0.05) is 7.11 Å². The van der Waals surface area contributed by atoms with E-state index in [1.807, 2.05) is 0 Å². The first-order valence-corrected chi connectivity index (χ1v) is 6.87. The highest BCUT2D eigenvalue weighted by Gasteiger charge is 2.36. The summed E-state index contributed by atoms with van der Waals surface area (Å²) in [5.74, 6) is 0. The first-order valence-electron chi connectivity index (χ1n) is 6.87. The SMILES string of the molecule is CCCCCCC(C)(CC)C(OC)C(O)CO. The van der Waals surface area contributed by atoms with Gasteiger partial charge < -0.3 is 14.9 Å². The van der Waals surface area contributed by atoms with Crippen LogP contribution in [0.15, 0.2) is 0 Å². The van der Waals surface area contributed by atoms with Crippen molar-refractivity contribution in [1.29, 1.82) is 0 Å². The second-order valence-corrected chi connectivity index (χ2v) is 5.22. The van der Waals surface area contributed by atoms with Gasteiger partial charge in [0.05, 0.1) is 12.7 Å². The molecule has 0 heterocycles. The highest BCUT2D eigenvalue weighted by Crippen LogP contribution is 2.35. The quantitative estimate of drug-likeness (QED) is 0.583. The Morgan fingerprint density at radius 1 is 1.18 bits per heavy atom. The van der Waals surface area contributed by atoms with Gasteiger partial charge in [-0.25, -0.2) is 0 Å². The largest absolute Gasteiger partial charge is 0.394 e. The summed E-state index contributed by atoms with van der Waals surface area (Å²) in [6.45, 7) is 6.23. The Balaban J connectivity index is 4.39. The molecule has 3 unspecified atom stereocenters. The van der Waals surface area contributed by atoms with Crippen LogP contribution in [0.3, 0.4) is 0 Å². The Labute approximate surface area is 106 Å². The molecule has 0 saturated carbocycles. The summed E-state index contributed by atoms with van der Waals surface area (Å²) in [5.41, 5.74) is -0.0510. The lowest BCUT2D eigenvalue weighted by Crippen LogP contribution is -2.44. The average Bonchev–Trinajstić information content (AvgIpc) is 2.35. The van der Waals surface area contributed by atoms with Crippen LogP contribution in [0.2, 0.25) is 0 Å². The number of hydrogen-bond donors (Lipinski definition) is 2. The molecule has 104 valence electrons. The van der Waals surface area contributed by atoms with Crippen LogP contribution in [0.5, 0.6) is 0 Å². The molecule has 3 nitrogen and oxygen atoms in total. The molecule has 0 radical (unpaired) electrons. The van der Waals surface area contributed by atoms with E-state index < -0.39 is 6.10 Å². The molecule has 0 amide bonds. The van der Waals surface area contributed by atoms with Crippen molar-refractivity contribution in [2.24, 2.45) is 5.41 Å². The molecule has 0 aliphatic heterocycles. The monoisotopic (exact) mass is 246 g/mol. The van der Waals surface area contributed by atoms with Gasteiger partial charge in [-0.1, -0.05) is 46.5 Å². The molecule has 2 N–H and O–H groups in total. The lowest BCUT2D eigenvalue weighted by Gasteiger charge is -2.38. The van der Waals surface area contributed by atoms with Gasteiger partial charge in [0.15, 0.2) is 0 Å². The third kappa shape index (κ3) is 5.36. The van der Waals surface area contributed by atoms with E-state index in [2.05, 4.69) is 20.8 Å². The van der Waals surface area contributed by atoms with Crippen molar-refractivity contribution in [1.82, 2.24) is 0 Å². The zero-order valence-corrected chi connectivity index (χ0v) is 11.9. The normalized spacial score (nSPS) is 18.7. The lowest BCUT2D eigenvalue weighted by molar-refractivity contribution is -0.103. The van der Waals surface area contributed by atoms with Crippen LogP contribution in [0.4, 0.5) is 0 Å². The van der Waals surface area contributed by atoms with Crippen LogP contribution in [-0.2, 0) is 4.74 Å². The van der Waals surface area contributed by atoms with Crippen molar-refractivity contribution < 1.29 is 14.9 Å². The van der Waals surface area contributed by atoms with Crippen molar-refractivity contribution >= 4 is 0 Å². The van der Waals surface area contributed by atoms with Crippen molar-refractivity contribution in [3.63, 3.8) is 0 Å². The van der Waals surface area contributed by atoms with Crippen LogP contribution in [-0.4, -0.2) is 36.1 Å². The van der Waals surface area contributed by atoms with E-state index in [1.165, 1.54) is 19.3 Å². The second-order valence-electron chi connectivity index (χ2n) is 5.22. The van der Waals surface area contributed by atoms with Crippen LogP contribution in [0.25, 0.3) is 0 Å². The minimum absolute atomic E-state index is 0.0510. The lowest BCUT2D eigenvalue weighted by atomic mass is 9.75. The fourth-order valence-electron chi connectivity index (χ4n) is 2.48. The second kappa shape index (κ2) is 8.90. The third-order valence-electron chi connectivity index (χ3n) is 3.89. The molecule has 0 aromatic rings. The summed E-state index contributed by atoms with van der Waals surface area (Å²) >= 11 is 0. The van der Waals surface area contributed by atoms with Gasteiger partial charge in [-0.3, -0.25) is 0 Å². The van der Waals surface area contributed by atoms with Gasteiger partial charge in [0.25, 0.3) is 0 Å². The molecule has 0 rings (SSSR count). The topological polar surface area (TPSA) is 49.7 Å². The maximum Gasteiger partial charge on any atom is 0.104 e. The molecular formula is C14H30O3. The predicted molar refractivity (Wildman–Crippen MR) is 71.0 cm³/mol. The van der Waals surface area contributed by atoms with E-state index in [0.717, 1.165) is 19.3 Å². The van der Waals surface area contributed by atoms with Crippen LogP contribution in [0.1, 0.15) is 59.3 Å². The molecular weight excluding hydrogens is 216 g/mol. The molecule has 0 spiro atoms. The fraction of sp³-hybridized carbons (Fsp3) is 1.00. The van der Waals surface area contributed by atoms with Gasteiger partial charge in [-0.05, 0) is 18.3 Å². The number of aliphatic hydroxyl groups excluding tert-OH is 2. The number of methoxy groups -OCH3 is 1. The molecule has 3 atom stereocenters. The maximum atomic E-state index is 9.81. The first kappa shape index (κ1) is 16.9. The third-order valence-corrected chi connectivity index (χ3v) is 3.89. The molecule has 0 bridgehead atoms. The molecule has 17 heavy (non-hydrogen) atoms. The Bertz CT molecular complexity index is 184. The van der Waals surface area contributed by atoms with Gasteiger partial charge in [0.2, 0.25) is 0 Å². The summed E-state index contributed by atoms with van der Waals surface area (Å²) in [5, 5.41) is 18.9. The minimum atomic E-state index is -0.781. The van der Waals surface area contributed by atoms with E-state index in [-0.39, 0.29) is 18.1 Å². The van der Waals surface area contributed by atoms with Crippen LogP contribution in [0, 0.1) is 5.41 Å².